The summed E-state index contributed by atoms with van der Waals surface area (Å²) in [6.07, 6.45) is 3.77. The van der Waals surface area contributed by atoms with Crippen LogP contribution < -0.4 is 0 Å². The van der Waals surface area contributed by atoms with Gasteiger partial charge in [-0.15, -0.1) is 0 Å². The van der Waals surface area contributed by atoms with Crippen LogP contribution in [-0.2, 0) is 0 Å². The molecule has 2 atom stereocenters. The van der Waals surface area contributed by atoms with E-state index in [4.69, 9.17) is 0 Å². The molecule has 1 aromatic rings. The van der Waals surface area contributed by atoms with Gasteiger partial charge in [0, 0.05) is 0 Å². The molecular weight excluding hydrogens is 216 g/mol. The molecular formula is C13H18N2O2. The molecule has 2 N–H and O–H groups in total. The molecule has 0 amide bonds. The standard InChI is InChI=1S/C13H18N2O2/c16-14-11-8-4-5-9-12(11)15(17)13(14)10-6-2-1-3-7-10/h1-3,6-7,11-13,16-17H,4-5,8-9H2/t11-,12-/m1/s1. The summed E-state index contributed by atoms with van der Waals surface area (Å²) in [6, 6.07) is 9.81. The van der Waals surface area contributed by atoms with Crippen molar-refractivity contribution in [3.63, 3.8) is 0 Å². The van der Waals surface area contributed by atoms with Crippen LogP contribution in [0.5, 0.6) is 0 Å². The number of nitrogens with zero attached hydrogens (tertiary/aromatic N) is 2. The fourth-order valence-electron chi connectivity index (χ4n) is 3.12. The minimum Gasteiger partial charge on any atom is -0.312 e. The maximum Gasteiger partial charge on any atom is 0.136 e. The molecule has 17 heavy (non-hydrogen) atoms. The molecule has 4 heteroatoms. The van der Waals surface area contributed by atoms with Gasteiger partial charge in [0.25, 0.3) is 0 Å². The van der Waals surface area contributed by atoms with E-state index in [1.165, 1.54) is 10.1 Å². The van der Waals surface area contributed by atoms with Gasteiger partial charge >= 0.3 is 0 Å². The molecule has 1 saturated carbocycles. The summed E-state index contributed by atoms with van der Waals surface area (Å²) < 4.78 is 0. The number of rotatable bonds is 1. The van der Waals surface area contributed by atoms with Crippen molar-refractivity contribution in [2.75, 3.05) is 0 Å². The lowest BCUT2D eigenvalue weighted by atomic mass is 9.91. The zero-order valence-corrected chi connectivity index (χ0v) is 9.74. The number of fused-ring (bicyclic) bond motifs is 1. The normalized spacial score (nSPS) is 31.6. The number of hydrogen-bond donors (Lipinski definition) is 2. The van der Waals surface area contributed by atoms with Crippen LogP contribution in [0.25, 0.3) is 0 Å². The molecule has 0 unspecified atom stereocenters. The van der Waals surface area contributed by atoms with E-state index < -0.39 is 6.17 Å². The number of hydrogen-bond acceptors (Lipinski definition) is 4. The van der Waals surface area contributed by atoms with Crippen LogP contribution >= 0.6 is 0 Å². The van der Waals surface area contributed by atoms with Crippen molar-refractivity contribution in [3.05, 3.63) is 35.9 Å². The van der Waals surface area contributed by atoms with Crippen molar-refractivity contribution in [2.24, 2.45) is 0 Å². The van der Waals surface area contributed by atoms with Crippen molar-refractivity contribution < 1.29 is 10.4 Å². The molecule has 0 bridgehead atoms. The predicted octanol–water partition coefficient (Wildman–Crippen LogP) is 2.39. The highest BCUT2D eigenvalue weighted by Crippen LogP contribution is 2.40. The lowest BCUT2D eigenvalue weighted by molar-refractivity contribution is -0.211. The van der Waals surface area contributed by atoms with E-state index in [0.29, 0.717) is 0 Å². The van der Waals surface area contributed by atoms with E-state index in [1.54, 1.807) is 0 Å². The van der Waals surface area contributed by atoms with Crippen LogP contribution in [0.1, 0.15) is 37.4 Å². The van der Waals surface area contributed by atoms with Crippen LogP contribution in [0, 0.1) is 0 Å². The second kappa shape index (κ2) is 4.38. The monoisotopic (exact) mass is 234 g/mol. The number of hydroxylamine groups is 4. The van der Waals surface area contributed by atoms with Gasteiger partial charge in [-0.3, -0.25) is 0 Å². The fraction of sp³-hybridized carbons (Fsp3) is 0.538. The fourth-order valence-corrected chi connectivity index (χ4v) is 3.12. The van der Waals surface area contributed by atoms with Crippen LogP contribution in [0.4, 0.5) is 0 Å². The number of benzene rings is 1. The van der Waals surface area contributed by atoms with Crippen molar-refractivity contribution in [3.8, 4) is 0 Å². The Hall–Kier alpha value is -0.940. The van der Waals surface area contributed by atoms with Crippen molar-refractivity contribution >= 4 is 0 Å². The molecule has 1 aliphatic carbocycles. The highest BCUT2D eigenvalue weighted by molar-refractivity contribution is 5.20. The average Bonchev–Trinajstić information content (AvgIpc) is 2.64. The third kappa shape index (κ3) is 1.77. The topological polar surface area (TPSA) is 46.9 Å². The lowest BCUT2D eigenvalue weighted by Crippen LogP contribution is -2.37. The maximum absolute atomic E-state index is 10.2. The minimum atomic E-state index is -0.413. The van der Waals surface area contributed by atoms with E-state index in [1.807, 2.05) is 30.3 Å². The van der Waals surface area contributed by atoms with Gasteiger partial charge in [0.2, 0.25) is 0 Å². The second-order valence-electron chi connectivity index (χ2n) is 4.96. The molecule has 3 rings (SSSR count). The Balaban J connectivity index is 1.90. The molecule has 4 nitrogen and oxygen atoms in total. The second-order valence-corrected chi connectivity index (χ2v) is 4.96. The summed E-state index contributed by atoms with van der Waals surface area (Å²) in [6.45, 7) is 0. The Morgan fingerprint density at radius 3 is 1.94 bits per heavy atom. The highest BCUT2D eigenvalue weighted by Gasteiger charge is 2.47. The van der Waals surface area contributed by atoms with Gasteiger partial charge in [0.1, 0.15) is 6.17 Å². The summed E-state index contributed by atoms with van der Waals surface area (Å²) in [5, 5.41) is 23.1. The van der Waals surface area contributed by atoms with Gasteiger partial charge in [-0.1, -0.05) is 43.2 Å². The molecule has 1 heterocycles. The van der Waals surface area contributed by atoms with Gasteiger partial charge in [0.05, 0.1) is 12.1 Å². The predicted molar refractivity (Wildman–Crippen MR) is 62.5 cm³/mol. The first-order chi connectivity index (χ1) is 8.29. The molecule has 0 aromatic heterocycles. The van der Waals surface area contributed by atoms with Gasteiger partial charge in [-0.05, 0) is 18.4 Å². The zero-order valence-electron chi connectivity index (χ0n) is 9.74. The van der Waals surface area contributed by atoms with Crippen molar-refractivity contribution in [1.82, 2.24) is 10.1 Å². The third-order valence-corrected chi connectivity index (χ3v) is 3.97. The molecule has 2 aliphatic rings. The SMILES string of the molecule is ON1C(c2ccccc2)N(O)[C@@H]2CCCC[C@H]21. The Labute approximate surface area is 101 Å². The molecule has 2 fully saturated rings. The minimum absolute atomic E-state index is 0.0685. The first-order valence-corrected chi connectivity index (χ1v) is 6.28. The summed E-state index contributed by atoms with van der Waals surface area (Å²) in [7, 11) is 0. The highest BCUT2D eigenvalue weighted by atomic mass is 16.6. The summed E-state index contributed by atoms with van der Waals surface area (Å²) in [4.78, 5) is 0. The van der Waals surface area contributed by atoms with Gasteiger partial charge < -0.3 is 10.4 Å². The van der Waals surface area contributed by atoms with Crippen LogP contribution in [0.2, 0.25) is 0 Å². The summed E-state index contributed by atoms with van der Waals surface area (Å²) >= 11 is 0. The maximum atomic E-state index is 10.2. The van der Waals surface area contributed by atoms with E-state index in [2.05, 4.69) is 0 Å². The van der Waals surface area contributed by atoms with E-state index in [0.717, 1.165) is 31.2 Å². The molecule has 0 radical (unpaired) electrons. The van der Waals surface area contributed by atoms with Crippen LogP contribution in [0.3, 0.4) is 0 Å². The smallest absolute Gasteiger partial charge is 0.136 e. The van der Waals surface area contributed by atoms with Crippen LogP contribution in [0.15, 0.2) is 30.3 Å². The Morgan fingerprint density at radius 2 is 1.41 bits per heavy atom. The molecule has 1 aliphatic heterocycles. The van der Waals surface area contributed by atoms with E-state index in [9.17, 15) is 10.4 Å². The van der Waals surface area contributed by atoms with Gasteiger partial charge in [-0.25, -0.2) is 0 Å². The summed E-state index contributed by atoms with van der Waals surface area (Å²) in [5.41, 5.74) is 0.937. The Kier molecular flexibility index (Phi) is 2.88. The quantitative estimate of drug-likeness (QED) is 0.783. The van der Waals surface area contributed by atoms with Crippen LogP contribution in [-0.4, -0.2) is 32.6 Å². The van der Waals surface area contributed by atoms with E-state index >= 15 is 0 Å². The Bertz CT molecular complexity index is 366. The first kappa shape index (κ1) is 11.2. The molecule has 0 spiro atoms. The Morgan fingerprint density at radius 1 is 0.882 bits per heavy atom. The zero-order chi connectivity index (χ0) is 11.8. The third-order valence-electron chi connectivity index (χ3n) is 3.97. The molecule has 1 saturated heterocycles. The lowest BCUT2D eigenvalue weighted by Gasteiger charge is -2.27. The van der Waals surface area contributed by atoms with Crippen molar-refractivity contribution in [1.29, 1.82) is 0 Å². The summed E-state index contributed by atoms with van der Waals surface area (Å²) in [5.74, 6) is 0. The van der Waals surface area contributed by atoms with Crippen molar-refractivity contribution in [2.45, 2.75) is 43.9 Å². The van der Waals surface area contributed by atoms with E-state index in [-0.39, 0.29) is 12.1 Å². The molecule has 92 valence electrons. The molecule has 1 aromatic carbocycles. The average molecular weight is 234 g/mol. The van der Waals surface area contributed by atoms with Gasteiger partial charge in [-0.2, -0.15) is 10.1 Å². The largest absolute Gasteiger partial charge is 0.312 e. The first-order valence-electron chi connectivity index (χ1n) is 6.28. The van der Waals surface area contributed by atoms with Gasteiger partial charge in [0.15, 0.2) is 0 Å².